The molecule has 4 rings (SSSR count). The zero-order valence-corrected chi connectivity index (χ0v) is 12.5. The summed E-state index contributed by atoms with van der Waals surface area (Å²) >= 11 is 6.04. The van der Waals surface area contributed by atoms with E-state index in [0.29, 0.717) is 10.8 Å². The van der Waals surface area contributed by atoms with Crippen molar-refractivity contribution in [2.24, 2.45) is 22.2 Å². The van der Waals surface area contributed by atoms with Crippen molar-refractivity contribution in [1.82, 2.24) is 0 Å². The van der Waals surface area contributed by atoms with Crippen LogP contribution in [0.15, 0.2) is 0 Å². The first-order chi connectivity index (χ1) is 8.47. The zero-order chi connectivity index (χ0) is 13.0. The van der Waals surface area contributed by atoms with Gasteiger partial charge < -0.3 is 0 Å². The highest BCUT2D eigenvalue weighted by molar-refractivity contribution is 6.64. The molecule has 0 aliphatic heterocycles. The van der Waals surface area contributed by atoms with Crippen LogP contribution in [-0.4, -0.2) is 5.24 Å². The molecule has 0 amide bonds. The molecule has 4 atom stereocenters. The Balaban J connectivity index is 2.00. The summed E-state index contributed by atoms with van der Waals surface area (Å²) in [6.45, 7) is 4.60. The second-order valence-electron chi connectivity index (χ2n) is 7.67. The molecule has 0 aromatic carbocycles. The first kappa shape index (κ1) is 13.0. The fourth-order valence-electron chi connectivity index (χ4n) is 6.27. The molecule has 0 radical (unpaired) electrons. The summed E-state index contributed by atoms with van der Waals surface area (Å²) in [4.78, 5) is 12.1. The van der Waals surface area contributed by atoms with Gasteiger partial charge in [-0.2, -0.15) is 0 Å². The molecule has 0 aromatic heterocycles. The smallest absolute Gasteiger partial charge is 0.227 e. The molecule has 2 heteroatoms. The van der Waals surface area contributed by atoms with E-state index in [0.717, 1.165) is 25.2 Å². The van der Waals surface area contributed by atoms with Gasteiger partial charge in [-0.15, -0.1) is 0 Å². The number of hydrogen-bond acceptors (Lipinski definition) is 1. The number of carbonyl (C=O) groups excluding carboxylic acids is 1. The monoisotopic (exact) mass is 268 g/mol. The molecule has 0 aromatic rings. The highest BCUT2D eigenvalue weighted by atomic mass is 35.5. The number of rotatable bonds is 4. The Kier molecular flexibility index (Phi) is 2.86. The van der Waals surface area contributed by atoms with Crippen molar-refractivity contribution in [3.63, 3.8) is 0 Å². The lowest BCUT2D eigenvalue weighted by Crippen LogP contribution is -2.58. The summed E-state index contributed by atoms with van der Waals surface area (Å²) < 4.78 is 0. The van der Waals surface area contributed by atoms with Crippen LogP contribution in [0.4, 0.5) is 0 Å². The van der Waals surface area contributed by atoms with E-state index < -0.39 is 0 Å². The maximum absolute atomic E-state index is 12.1. The Morgan fingerprint density at radius 2 is 1.78 bits per heavy atom. The molecule has 4 aliphatic carbocycles. The summed E-state index contributed by atoms with van der Waals surface area (Å²) in [7, 11) is 0. The summed E-state index contributed by atoms with van der Waals surface area (Å²) in [5, 5.41) is -0.0232. The highest BCUT2D eigenvalue weighted by Gasteiger charge is 2.64. The Labute approximate surface area is 116 Å². The van der Waals surface area contributed by atoms with Crippen LogP contribution in [0.25, 0.3) is 0 Å². The van der Waals surface area contributed by atoms with Crippen molar-refractivity contribution in [3.8, 4) is 0 Å². The summed E-state index contributed by atoms with van der Waals surface area (Å²) in [6, 6.07) is 0. The van der Waals surface area contributed by atoms with Crippen LogP contribution in [0.5, 0.6) is 0 Å². The van der Waals surface area contributed by atoms with Crippen molar-refractivity contribution < 1.29 is 4.79 Å². The maximum atomic E-state index is 12.1. The minimum absolute atomic E-state index is 0.0232. The normalized spacial score (nSPS) is 49.6. The Morgan fingerprint density at radius 1 is 1.11 bits per heavy atom. The Bertz CT molecular complexity index is 379. The van der Waals surface area contributed by atoms with Gasteiger partial charge in [-0.25, -0.2) is 0 Å². The van der Waals surface area contributed by atoms with Gasteiger partial charge in [-0.05, 0) is 73.3 Å². The van der Waals surface area contributed by atoms with E-state index in [1.165, 1.54) is 38.5 Å². The third kappa shape index (κ3) is 1.69. The molecule has 4 fully saturated rings. The molecule has 102 valence electrons. The summed E-state index contributed by atoms with van der Waals surface area (Å²) in [6.07, 6.45) is 11.1. The van der Waals surface area contributed by atoms with E-state index in [-0.39, 0.29) is 10.7 Å². The van der Waals surface area contributed by atoms with Crippen molar-refractivity contribution >= 4 is 16.8 Å². The average Bonchev–Trinajstić information content (AvgIpc) is 2.27. The molecular formula is C16H25ClO. The van der Waals surface area contributed by atoms with Crippen LogP contribution in [0.2, 0.25) is 0 Å². The molecule has 0 heterocycles. The van der Waals surface area contributed by atoms with Gasteiger partial charge in [0.15, 0.2) is 0 Å². The van der Waals surface area contributed by atoms with Crippen molar-refractivity contribution in [1.29, 1.82) is 0 Å². The predicted octanol–water partition coefficient (Wildman–Crippen LogP) is 4.92. The highest BCUT2D eigenvalue weighted by Crippen LogP contribution is 2.72. The molecule has 1 nitrogen and oxygen atoms in total. The second kappa shape index (κ2) is 3.98. The van der Waals surface area contributed by atoms with Crippen molar-refractivity contribution in [3.05, 3.63) is 0 Å². The number of hydrogen-bond donors (Lipinski definition) is 0. The van der Waals surface area contributed by atoms with Gasteiger partial charge in [0.25, 0.3) is 0 Å². The topological polar surface area (TPSA) is 17.1 Å². The van der Waals surface area contributed by atoms with Crippen LogP contribution in [0.3, 0.4) is 0 Å². The predicted molar refractivity (Wildman–Crippen MR) is 74.6 cm³/mol. The minimum atomic E-state index is -0.147. The molecule has 0 saturated heterocycles. The van der Waals surface area contributed by atoms with E-state index in [2.05, 4.69) is 13.8 Å². The van der Waals surface area contributed by atoms with E-state index >= 15 is 0 Å². The molecule has 4 bridgehead atoms. The lowest BCUT2D eigenvalue weighted by molar-refractivity contribution is -0.171. The summed E-state index contributed by atoms with van der Waals surface area (Å²) in [5.74, 6) is 0.774. The number of carbonyl (C=O) groups is 1. The van der Waals surface area contributed by atoms with Crippen LogP contribution < -0.4 is 0 Å². The molecule has 4 saturated carbocycles. The molecule has 4 unspecified atom stereocenters. The molecule has 0 N–H and O–H groups in total. The van der Waals surface area contributed by atoms with Gasteiger partial charge in [0, 0.05) is 5.41 Å². The summed E-state index contributed by atoms with van der Waals surface area (Å²) in [5.41, 5.74) is 0.750. The van der Waals surface area contributed by atoms with Gasteiger partial charge in [0.1, 0.15) is 0 Å². The van der Waals surface area contributed by atoms with Gasteiger partial charge in [0.2, 0.25) is 5.24 Å². The van der Waals surface area contributed by atoms with Crippen molar-refractivity contribution in [2.45, 2.75) is 71.6 Å². The molecule has 18 heavy (non-hydrogen) atoms. The van der Waals surface area contributed by atoms with E-state index in [1.807, 2.05) is 0 Å². The largest absolute Gasteiger partial charge is 0.281 e. The number of halogens is 1. The van der Waals surface area contributed by atoms with Gasteiger partial charge in [-0.3, -0.25) is 4.79 Å². The van der Waals surface area contributed by atoms with E-state index in [1.54, 1.807) is 0 Å². The minimum Gasteiger partial charge on any atom is -0.281 e. The van der Waals surface area contributed by atoms with Crippen molar-refractivity contribution in [2.75, 3.05) is 0 Å². The van der Waals surface area contributed by atoms with E-state index in [9.17, 15) is 4.79 Å². The fourth-order valence-corrected chi connectivity index (χ4v) is 6.48. The average molecular weight is 269 g/mol. The SMILES string of the molecule is CCCC12CC3CC(CC)(C1)CC(C(=O)Cl)(C3)C2. The van der Waals surface area contributed by atoms with E-state index in [4.69, 9.17) is 11.6 Å². The van der Waals surface area contributed by atoms with Gasteiger partial charge in [0.05, 0.1) is 0 Å². The Hall–Kier alpha value is -0.0400. The lowest BCUT2D eigenvalue weighted by atomic mass is 9.38. The zero-order valence-electron chi connectivity index (χ0n) is 11.7. The van der Waals surface area contributed by atoms with Crippen LogP contribution in [-0.2, 0) is 4.79 Å². The van der Waals surface area contributed by atoms with Crippen LogP contribution in [0.1, 0.15) is 71.6 Å². The Morgan fingerprint density at radius 3 is 2.39 bits per heavy atom. The quantitative estimate of drug-likeness (QED) is 0.662. The maximum Gasteiger partial charge on any atom is 0.227 e. The lowest BCUT2D eigenvalue weighted by Gasteiger charge is -2.66. The third-order valence-corrected chi connectivity index (χ3v) is 6.65. The second-order valence-corrected chi connectivity index (χ2v) is 8.01. The first-order valence-corrected chi connectivity index (χ1v) is 8.05. The first-order valence-electron chi connectivity index (χ1n) is 7.67. The fraction of sp³-hybridized carbons (Fsp3) is 0.938. The van der Waals surface area contributed by atoms with Gasteiger partial charge >= 0.3 is 0 Å². The van der Waals surface area contributed by atoms with Crippen LogP contribution in [0, 0.1) is 22.2 Å². The standard InChI is InChI=1S/C16H25ClO/c1-3-5-15-7-12-6-14(4-2,9-15)10-16(8-12,11-15)13(17)18/h12H,3-11H2,1-2H3. The van der Waals surface area contributed by atoms with Gasteiger partial charge in [-0.1, -0.05) is 26.7 Å². The molecule has 0 spiro atoms. The molecule has 4 aliphatic rings. The molecular weight excluding hydrogens is 244 g/mol. The third-order valence-electron chi connectivity index (χ3n) is 6.25. The van der Waals surface area contributed by atoms with Crippen LogP contribution >= 0.6 is 11.6 Å².